The van der Waals surface area contributed by atoms with Crippen molar-refractivity contribution in [2.45, 2.75) is 11.4 Å². The van der Waals surface area contributed by atoms with Crippen LogP contribution in [0.2, 0.25) is 0 Å². The second-order valence-corrected chi connectivity index (χ2v) is 6.20. The summed E-state index contributed by atoms with van der Waals surface area (Å²) in [5.41, 5.74) is 2.49. The molecule has 3 aromatic rings. The van der Waals surface area contributed by atoms with Gasteiger partial charge in [-0.2, -0.15) is 0 Å². The highest BCUT2D eigenvalue weighted by molar-refractivity contribution is 7.98. The van der Waals surface area contributed by atoms with Crippen molar-refractivity contribution in [1.82, 2.24) is 14.9 Å². The summed E-state index contributed by atoms with van der Waals surface area (Å²) in [5, 5.41) is 2.92. The average molecular weight is 341 g/mol. The summed E-state index contributed by atoms with van der Waals surface area (Å²) in [6.07, 6.45) is 1.99. The van der Waals surface area contributed by atoms with Crippen molar-refractivity contribution in [2.75, 3.05) is 13.4 Å². The molecular weight excluding hydrogens is 322 g/mol. The lowest BCUT2D eigenvalue weighted by molar-refractivity contribution is 0.0946. The smallest absolute Gasteiger partial charge is 0.255 e. The lowest BCUT2D eigenvalue weighted by Crippen LogP contribution is -2.24. The van der Waals surface area contributed by atoms with Crippen molar-refractivity contribution in [3.05, 3.63) is 53.9 Å². The predicted molar refractivity (Wildman–Crippen MR) is 96.7 cm³/mol. The maximum atomic E-state index is 12.5. The van der Waals surface area contributed by atoms with Gasteiger partial charge in [0.25, 0.3) is 5.91 Å². The van der Waals surface area contributed by atoms with Gasteiger partial charge in [0, 0.05) is 11.9 Å². The summed E-state index contributed by atoms with van der Waals surface area (Å²) in [7, 11) is 3.52. The topological polar surface area (TPSA) is 56.1 Å². The molecule has 1 aromatic heterocycles. The van der Waals surface area contributed by atoms with Crippen molar-refractivity contribution in [3.63, 3.8) is 0 Å². The number of nitrogens with zero attached hydrogens (tertiary/aromatic N) is 2. The number of thioether (sulfide) groups is 1. The molecule has 0 aliphatic heterocycles. The van der Waals surface area contributed by atoms with E-state index in [-0.39, 0.29) is 5.91 Å². The van der Waals surface area contributed by atoms with E-state index in [9.17, 15) is 4.79 Å². The standard InChI is InChI=1S/C18H19N3O2S/c1-21-15-7-5-4-6-14(15)20-17(21)11-19-18(22)13-9-8-12(24-3)10-16(13)23-2/h4-10H,11H2,1-3H3,(H,19,22). The zero-order valence-electron chi connectivity index (χ0n) is 13.9. The molecule has 0 radical (unpaired) electrons. The first-order valence-corrected chi connectivity index (χ1v) is 8.77. The summed E-state index contributed by atoms with van der Waals surface area (Å²) in [6, 6.07) is 13.5. The number of ether oxygens (including phenoxy) is 1. The van der Waals surface area contributed by atoms with Crippen LogP contribution in [0.5, 0.6) is 5.75 Å². The van der Waals surface area contributed by atoms with Crippen molar-refractivity contribution >= 4 is 28.7 Å². The van der Waals surface area contributed by atoms with Crippen molar-refractivity contribution < 1.29 is 9.53 Å². The Morgan fingerprint density at radius 3 is 2.79 bits per heavy atom. The zero-order chi connectivity index (χ0) is 17.1. The van der Waals surface area contributed by atoms with Crippen LogP contribution in [0.1, 0.15) is 16.2 Å². The minimum Gasteiger partial charge on any atom is -0.496 e. The number of methoxy groups -OCH3 is 1. The van der Waals surface area contributed by atoms with E-state index in [0.717, 1.165) is 21.8 Å². The monoisotopic (exact) mass is 341 g/mol. The molecule has 0 bridgehead atoms. The van der Waals surface area contributed by atoms with Gasteiger partial charge in [0.05, 0.1) is 30.3 Å². The number of rotatable bonds is 5. The quantitative estimate of drug-likeness (QED) is 0.724. The fourth-order valence-electron chi connectivity index (χ4n) is 2.59. The molecule has 0 saturated carbocycles. The number of carbonyl (C=O) groups is 1. The van der Waals surface area contributed by atoms with Gasteiger partial charge in [-0.05, 0) is 36.6 Å². The molecule has 0 saturated heterocycles. The van der Waals surface area contributed by atoms with Gasteiger partial charge in [0.15, 0.2) is 0 Å². The Morgan fingerprint density at radius 1 is 1.29 bits per heavy atom. The minimum absolute atomic E-state index is 0.174. The highest BCUT2D eigenvalue weighted by Gasteiger charge is 2.14. The molecule has 0 fully saturated rings. The molecule has 6 heteroatoms. The highest BCUT2D eigenvalue weighted by Crippen LogP contribution is 2.25. The molecule has 0 unspecified atom stereocenters. The van der Waals surface area contributed by atoms with E-state index < -0.39 is 0 Å². The number of amides is 1. The van der Waals surface area contributed by atoms with E-state index in [4.69, 9.17) is 4.74 Å². The number of nitrogens with one attached hydrogen (secondary N) is 1. The zero-order valence-corrected chi connectivity index (χ0v) is 14.7. The van der Waals surface area contributed by atoms with Gasteiger partial charge in [0.2, 0.25) is 0 Å². The maximum Gasteiger partial charge on any atom is 0.255 e. The molecule has 1 amide bonds. The molecule has 24 heavy (non-hydrogen) atoms. The van der Waals surface area contributed by atoms with Gasteiger partial charge in [-0.1, -0.05) is 12.1 Å². The number of aromatic nitrogens is 2. The first kappa shape index (κ1) is 16.4. The van der Waals surface area contributed by atoms with Crippen LogP contribution in [0.15, 0.2) is 47.4 Å². The Balaban J connectivity index is 1.79. The molecule has 1 N–H and O–H groups in total. The third-order valence-corrected chi connectivity index (χ3v) is 4.67. The molecule has 0 aliphatic rings. The van der Waals surface area contributed by atoms with Gasteiger partial charge in [-0.25, -0.2) is 4.98 Å². The number of aryl methyl sites for hydroxylation is 1. The Bertz CT molecular complexity index is 889. The van der Waals surface area contributed by atoms with Gasteiger partial charge < -0.3 is 14.6 Å². The minimum atomic E-state index is -0.174. The van der Waals surface area contributed by atoms with Crippen LogP contribution in [-0.2, 0) is 13.6 Å². The number of benzene rings is 2. The Morgan fingerprint density at radius 2 is 2.08 bits per heavy atom. The Kier molecular flexibility index (Phi) is 4.76. The molecule has 0 atom stereocenters. The highest BCUT2D eigenvalue weighted by atomic mass is 32.2. The molecule has 0 aliphatic carbocycles. The third-order valence-electron chi connectivity index (χ3n) is 3.94. The first-order valence-electron chi connectivity index (χ1n) is 7.54. The Labute approximate surface area is 145 Å². The first-order chi connectivity index (χ1) is 11.6. The molecular formula is C18H19N3O2S. The Hall–Kier alpha value is -2.47. The maximum absolute atomic E-state index is 12.5. The number of carbonyl (C=O) groups excluding carboxylic acids is 1. The summed E-state index contributed by atoms with van der Waals surface area (Å²) in [4.78, 5) is 18.1. The third kappa shape index (κ3) is 3.10. The molecule has 5 nitrogen and oxygen atoms in total. The van der Waals surface area contributed by atoms with Gasteiger partial charge >= 0.3 is 0 Å². The van der Waals surface area contributed by atoms with Crippen LogP contribution in [0.25, 0.3) is 11.0 Å². The number of para-hydroxylation sites is 2. The molecule has 0 spiro atoms. The van der Waals surface area contributed by atoms with Crippen molar-refractivity contribution in [2.24, 2.45) is 7.05 Å². The van der Waals surface area contributed by atoms with Crippen LogP contribution in [0.3, 0.4) is 0 Å². The van der Waals surface area contributed by atoms with Gasteiger partial charge in [-0.3, -0.25) is 4.79 Å². The van der Waals surface area contributed by atoms with E-state index >= 15 is 0 Å². The number of hydrogen-bond acceptors (Lipinski definition) is 4. The molecule has 3 rings (SSSR count). The van der Waals surface area contributed by atoms with Crippen LogP contribution < -0.4 is 10.1 Å². The average Bonchev–Trinajstić information content (AvgIpc) is 2.95. The largest absolute Gasteiger partial charge is 0.496 e. The summed E-state index contributed by atoms with van der Waals surface area (Å²) in [6.45, 7) is 0.359. The molecule has 2 aromatic carbocycles. The summed E-state index contributed by atoms with van der Waals surface area (Å²) >= 11 is 1.61. The fourth-order valence-corrected chi connectivity index (χ4v) is 3.02. The summed E-state index contributed by atoms with van der Waals surface area (Å²) < 4.78 is 7.33. The predicted octanol–water partition coefficient (Wildman–Crippen LogP) is 3.23. The van der Waals surface area contributed by atoms with E-state index in [1.165, 1.54) is 0 Å². The van der Waals surface area contributed by atoms with Crippen LogP contribution >= 0.6 is 11.8 Å². The van der Waals surface area contributed by atoms with Crippen LogP contribution in [-0.4, -0.2) is 28.8 Å². The van der Waals surface area contributed by atoms with Gasteiger partial charge in [0.1, 0.15) is 11.6 Å². The van der Waals surface area contributed by atoms with Gasteiger partial charge in [-0.15, -0.1) is 11.8 Å². The second-order valence-electron chi connectivity index (χ2n) is 5.32. The molecule has 124 valence electrons. The summed E-state index contributed by atoms with van der Waals surface area (Å²) in [5.74, 6) is 1.21. The molecule has 1 heterocycles. The lowest BCUT2D eigenvalue weighted by atomic mass is 10.2. The van der Waals surface area contributed by atoms with E-state index in [0.29, 0.717) is 17.9 Å². The fraction of sp³-hybridized carbons (Fsp3) is 0.222. The van der Waals surface area contributed by atoms with Crippen LogP contribution in [0, 0.1) is 0 Å². The van der Waals surface area contributed by atoms with E-state index in [2.05, 4.69) is 10.3 Å². The number of imidazole rings is 1. The number of fused-ring (bicyclic) bond motifs is 1. The lowest BCUT2D eigenvalue weighted by Gasteiger charge is -2.10. The second kappa shape index (κ2) is 6.97. The van der Waals surface area contributed by atoms with Crippen molar-refractivity contribution in [1.29, 1.82) is 0 Å². The van der Waals surface area contributed by atoms with Crippen LogP contribution in [0.4, 0.5) is 0 Å². The SMILES string of the molecule is COc1cc(SC)ccc1C(=O)NCc1nc2ccccc2n1C. The van der Waals surface area contributed by atoms with E-state index in [1.807, 2.05) is 54.3 Å². The normalized spacial score (nSPS) is 10.8. The van der Waals surface area contributed by atoms with E-state index in [1.54, 1.807) is 24.9 Å². The van der Waals surface area contributed by atoms with Crippen molar-refractivity contribution in [3.8, 4) is 5.75 Å². The number of hydrogen-bond donors (Lipinski definition) is 1.